The van der Waals surface area contributed by atoms with Gasteiger partial charge in [-0.3, -0.25) is 9.69 Å². The summed E-state index contributed by atoms with van der Waals surface area (Å²) in [7, 11) is 2.17. The minimum atomic E-state index is -0.683. The average molecular weight is 242 g/mol. The second kappa shape index (κ2) is 6.97. The Labute approximate surface area is 105 Å². The third-order valence-corrected chi connectivity index (χ3v) is 3.76. The predicted molar refractivity (Wildman–Crippen MR) is 69.2 cm³/mol. The van der Waals surface area contributed by atoms with E-state index in [1.165, 1.54) is 6.42 Å². The SMILES string of the molecule is CCC1CN(C)CCCN1C(C)CCC(=O)O. The Balaban J connectivity index is 2.55. The molecular formula is C13H26N2O2. The molecule has 1 heterocycles. The van der Waals surface area contributed by atoms with E-state index in [0.717, 1.165) is 32.5 Å². The highest BCUT2D eigenvalue weighted by Gasteiger charge is 2.25. The first-order chi connectivity index (χ1) is 8.04. The first-order valence-electron chi connectivity index (χ1n) is 6.70. The molecule has 1 aliphatic rings. The van der Waals surface area contributed by atoms with Gasteiger partial charge in [-0.05, 0) is 46.3 Å². The Bertz CT molecular complexity index is 246. The third kappa shape index (κ3) is 4.64. The van der Waals surface area contributed by atoms with E-state index < -0.39 is 5.97 Å². The van der Waals surface area contributed by atoms with Crippen LogP contribution < -0.4 is 0 Å². The van der Waals surface area contributed by atoms with Gasteiger partial charge in [0.05, 0.1) is 0 Å². The molecule has 1 N–H and O–H groups in total. The van der Waals surface area contributed by atoms with Crippen LogP contribution in [0.2, 0.25) is 0 Å². The van der Waals surface area contributed by atoms with Crippen molar-refractivity contribution in [3.63, 3.8) is 0 Å². The van der Waals surface area contributed by atoms with Gasteiger partial charge < -0.3 is 10.0 Å². The van der Waals surface area contributed by atoms with E-state index in [9.17, 15) is 4.79 Å². The van der Waals surface area contributed by atoms with Crippen molar-refractivity contribution in [3.8, 4) is 0 Å². The molecule has 0 amide bonds. The summed E-state index contributed by atoms with van der Waals surface area (Å²) < 4.78 is 0. The van der Waals surface area contributed by atoms with Crippen LogP contribution in [-0.2, 0) is 4.79 Å². The van der Waals surface area contributed by atoms with Gasteiger partial charge in [0.25, 0.3) is 0 Å². The maximum Gasteiger partial charge on any atom is 0.303 e. The quantitative estimate of drug-likeness (QED) is 0.796. The Morgan fingerprint density at radius 2 is 2.18 bits per heavy atom. The highest BCUT2D eigenvalue weighted by atomic mass is 16.4. The second-order valence-electron chi connectivity index (χ2n) is 5.20. The molecule has 0 aromatic heterocycles. The fourth-order valence-electron chi connectivity index (χ4n) is 2.70. The van der Waals surface area contributed by atoms with E-state index in [4.69, 9.17) is 5.11 Å². The number of carboxylic acid groups (broad SMARTS) is 1. The van der Waals surface area contributed by atoms with Gasteiger partial charge >= 0.3 is 5.97 Å². The van der Waals surface area contributed by atoms with Gasteiger partial charge in [-0.1, -0.05) is 6.92 Å². The predicted octanol–water partition coefficient (Wildman–Crippen LogP) is 1.66. The Kier molecular flexibility index (Phi) is 5.92. The van der Waals surface area contributed by atoms with Crippen molar-refractivity contribution in [2.45, 2.75) is 51.6 Å². The number of aliphatic carboxylic acids is 1. The summed E-state index contributed by atoms with van der Waals surface area (Å²) in [6, 6.07) is 0.953. The van der Waals surface area contributed by atoms with Crippen LogP contribution in [0.15, 0.2) is 0 Å². The summed E-state index contributed by atoms with van der Waals surface area (Å²) in [5, 5.41) is 8.75. The Hall–Kier alpha value is -0.610. The number of rotatable bonds is 5. The van der Waals surface area contributed by atoms with Gasteiger partial charge in [-0.15, -0.1) is 0 Å². The number of carboxylic acids is 1. The first-order valence-corrected chi connectivity index (χ1v) is 6.70. The van der Waals surface area contributed by atoms with Gasteiger partial charge in [0.15, 0.2) is 0 Å². The molecule has 1 fully saturated rings. The van der Waals surface area contributed by atoms with E-state index >= 15 is 0 Å². The fourth-order valence-corrected chi connectivity index (χ4v) is 2.70. The Morgan fingerprint density at radius 3 is 2.76 bits per heavy atom. The van der Waals surface area contributed by atoms with Crippen LogP contribution in [0.5, 0.6) is 0 Å². The van der Waals surface area contributed by atoms with Crippen molar-refractivity contribution in [2.24, 2.45) is 0 Å². The van der Waals surface area contributed by atoms with E-state index in [2.05, 4.69) is 30.7 Å². The normalized spacial score (nSPS) is 25.5. The summed E-state index contributed by atoms with van der Waals surface area (Å²) in [6.07, 6.45) is 3.37. The molecule has 17 heavy (non-hydrogen) atoms. The summed E-state index contributed by atoms with van der Waals surface area (Å²) in [4.78, 5) is 15.5. The lowest BCUT2D eigenvalue weighted by Crippen LogP contribution is -2.44. The summed E-state index contributed by atoms with van der Waals surface area (Å²) in [5.74, 6) is -0.683. The van der Waals surface area contributed by atoms with E-state index in [0.29, 0.717) is 12.1 Å². The maximum atomic E-state index is 10.6. The molecule has 0 aliphatic carbocycles. The largest absolute Gasteiger partial charge is 0.481 e. The lowest BCUT2D eigenvalue weighted by molar-refractivity contribution is -0.137. The van der Waals surface area contributed by atoms with E-state index in [1.54, 1.807) is 0 Å². The van der Waals surface area contributed by atoms with Crippen molar-refractivity contribution in [1.29, 1.82) is 0 Å². The topological polar surface area (TPSA) is 43.8 Å². The van der Waals surface area contributed by atoms with Crippen LogP contribution in [-0.4, -0.2) is 59.6 Å². The molecule has 0 aromatic rings. The van der Waals surface area contributed by atoms with Crippen LogP contribution >= 0.6 is 0 Å². The zero-order valence-corrected chi connectivity index (χ0v) is 11.4. The minimum absolute atomic E-state index is 0.282. The number of carbonyl (C=O) groups is 1. The number of hydrogen-bond acceptors (Lipinski definition) is 3. The van der Waals surface area contributed by atoms with Crippen LogP contribution in [0, 0.1) is 0 Å². The molecule has 0 radical (unpaired) electrons. The first kappa shape index (κ1) is 14.5. The standard InChI is InChI=1S/C13H26N2O2/c1-4-12-10-14(3)8-5-9-15(12)11(2)6-7-13(16)17/h11-12H,4-10H2,1-3H3,(H,16,17). The summed E-state index contributed by atoms with van der Waals surface area (Å²) in [6.45, 7) is 7.74. The fraction of sp³-hybridized carbons (Fsp3) is 0.923. The van der Waals surface area contributed by atoms with Crippen LogP contribution in [0.1, 0.15) is 39.5 Å². The monoisotopic (exact) mass is 242 g/mol. The van der Waals surface area contributed by atoms with Crippen LogP contribution in [0.4, 0.5) is 0 Å². The number of hydrogen-bond donors (Lipinski definition) is 1. The molecule has 100 valence electrons. The molecule has 0 saturated carbocycles. The molecule has 4 nitrogen and oxygen atoms in total. The van der Waals surface area contributed by atoms with E-state index in [1.807, 2.05) is 0 Å². The molecule has 0 spiro atoms. The van der Waals surface area contributed by atoms with Crippen molar-refractivity contribution in [2.75, 3.05) is 26.7 Å². The third-order valence-electron chi connectivity index (χ3n) is 3.76. The molecule has 4 heteroatoms. The van der Waals surface area contributed by atoms with Crippen LogP contribution in [0.25, 0.3) is 0 Å². The second-order valence-corrected chi connectivity index (χ2v) is 5.20. The molecule has 1 saturated heterocycles. The zero-order chi connectivity index (χ0) is 12.8. The summed E-state index contributed by atoms with van der Waals surface area (Å²) in [5.41, 5.74) is 0. The smallest absolute Gasteiger partial charge is 0.303 e. The van der Waals surface area contributed by atoms with Crippen molar-refractivity contribution in [1.82, 2.24) is 9.80 Å². The lowest BCUT2D eigenvalue weighted by Gasteiger charge is -2.35. The van der Waals surface area contributed by atoms with Gasteiger partial charge in [0.1, 0.15) is 0 Å². The van der Waals surface area contributed by atoms with Gasteiger partial charge in [0.2, 0.25) is 0 Å². The molecule has 2 atom stereocenters. The average Bonchev–Trinajstić information content (AvgIpc) is 2.47. The maximum absolute atomic E-state index is 10.6. The van der Waals surface area contributed by atoms with E-state index in [-0.39, 0.29) is 6.42 Å². The van der Waals surface area contributed by atoms with Gasteiger partial charge in [0, 0.05) is 25.0 Å². The highest BCUT2D eigenvalue weighted by molar-refractivity contribution is 5.66. The highest BCUT2D eigenvalue weighted by Crippen LogP contribution is 2.17. The molecule has 1 rings (SSSR count). The number of likely N-dealkylation sites (N-methyl/N-ethyl adjacent to an activating group) is 1. The summed E-state index contributed by atoms with van der Waals surface area (Å²) >= 11 is 0. The van der Waals surface area contributed by atoms with Crippen molar-refractivity contribution >= 4 is 5.97 Å². The number of nitrogens with zero attached hydrogens (tertiary/aromatic N) is 2. The molecule has 1 aliphatic heterocycles. The minimum Gasteiger partial charge on any atom is -0.481 e. The molecule has 0 aromatic carbocycles. The molecule has 0 bridgehead atoms. The lowest BCUT2D eigenvalue weighted by atomic mass is 10.1. The van der Waals surface area contributed by atoms with Crippen molar-refractivity contribution < 1.29 is 9.90 Å². The van der Waals surface area contributed by atoms with Gasteiger partial charge in [-0.25, -0.2) is 0 Å². The molecular weight excluding hydrogens is 216 g/mol. The van der Waals surface area contributed by atoms with Gasteiger partial charge in [-0.2, -0.15) is 0 Å². The van der Waals surface area contributed by atoms with Crippen molar-refractivity contribution in [3.05, 3.63) is 0 Å². The Morgan fingerprint density at radius 1 is 1.47 bits per heavy atom. The zero-order valence-electron chi connectivity index (χ0n) is 11.4. The molecule has 2 unspecified atom stereocenters. The van der Waals surface area contributed by atoms with Crippen LogP contribution in [0.3, 0.4) is 0 Å².